The molecule has 0 amide bonds. The van der Waals surface area contributed by atoms with E-state index in [9.17, 15) is 4.79 Å². The summed E-state index contributed by atoms with van der Waals surface area (Å²) >= 11 is 0. The lowest BCUT2D eigenvalue weighted by Crippen LogP contribution is -2.49. The number of hydrogen-bond acceptors (Lipinski definition) is 4. The number of esters is 1. The Labute approximate surface area is 103 Å². The maximum absolute atomic E-state index is 11.1. The van der Waals surface area contributed by atoms with Crippen molar-refractivity contribution in [2.24, 2.45) is 0 Å². The Morgan fingerprint density at radius 1 is 1.41 bits per heavy atom. The Balaban J connectivity index is 1.71. The molecule has 4 heteroatoms. The van der Waals surface area contributed by atoms with E-state index >= 15 is 0 Å². The minimum atomic E-state index is -0.230. The largest absolute Gasteiger partial charge is 0.463 e. The fraction of sp³-hybridized carbons (Fsp3) is 0.769. The van der Waals surface area contributed by atoms with Gasteiger partial charge >= 0.3 is 5.97 Å². The molecular weight excluding hydrogens is 216 g/mol. The lowest BCUT2D eigenvalue weighted by Gasteiger charge is -2.36. The molecule has 0 N–H and O–H groups in total. The van der Waals surface area contributed by atoms with Crippen molar-refractivity contribution in [2.45, 2.75) is 25.8 Å². The zero-order chi connectivity index (χ0) is 12.1. The predicted octanol–water partition coefficient (Wildman–Crippen LogP) is 0.886. The van der Waals surface area contributed by atoms with Gasteiger partial charge in [0.2, 0.25) is 0 Å². The molecule has 2 fully saturated rings. The molecule has 0 bridgehead atoms. The molecule has 0 saturated carbocycles. The molecule has 0 aliphatic carbocycles. The summed E-state index contributed by atoms with van der Waals surface area (Å²) in [5, 5.41) is 0. The van der Waals surface area contributed by atoms with Gasteiger partial charge in [-0.25, -0.2) is 4.79 Å². The van der Waals surface area contributed by atoms with Crippen LogP contribution in [0.2, 0.25) is 0 Å². The van der Waals surface area contributed by atoms with Gasteiger partial charge in [0.15, 0.2) is 0 Å². The van der Waals surface area contributed by atoms with Crippen LogP contribution in [-0.2, 0) is 9.53 Å². The monoisotopic (exact) mass is 238 g/mol. The number of ether oxygens (including phenoxy) is 1. The molecule has 17 heavy (non-hydrogen) atoms. The standard InChI is InChI=1S/C13H22N2O2/c1-2-17-13(16)6-4-7-14-9-10-15-8-3-5-12(15)11-14/h4,6,12H,2-3,5,7-11H2,1H3/b6-4+. The zero-order valence-corrected chi connectivity index (χ0v) is 10.6. The Kier molecular flexibility index (Phi) is 4.57. The third kappa shape index (κ3) is 3.54. The molecule has 1 atom stereocenters. The molecule has 2 saturated heterocycles. The first-order valence-corrected chi connectivity index (χ1v) is 6.59. The normalized spacial score (nSPS) is 26.3. The van der Waals surface area contributed by atoms with E-state index in [4.69, 9.17) is 4.74 Å². The minimum Gasteiger partial charge on any atom is -0.463 e. The quantitative estimate of drug-likeness (QED) is 0.538. The summed E-state index contributed by atoms with van der Waals surface area (Å²) in [6.07, 6.45) is 6.14. The van der Waals surface area contributed by atoms with E-state index in [2.05, 4.69) is 9.80 Å². The number of hydrogen-bond donors (Lipinski definition) is 0. The van der Waals surface area contributed by atoms with Crippen LogP contribution < -0.4 is 0 Å². The molecule has 0 aromatic rings. The summed E-state index contributed by atoms with van der Waals surface area (Å²) in [5.41, 5.74) is 0. The molecule has 2 heterocycles. The van der Waals surface area contributed by atoms with Crippen molar-refractivity contribution in [1.82, 2.24) is 9.80 Å². The van der Waals surface area contributed by atoms with Crippen LogP contribution in [0, 0.1) is 0 Å². The Morgan fingerprint density at radius 2 is 2.29 bits per heavy atom. The van der Waals surface area contributed by atoms with Crippen molar-refractivity contribution < 1.29 is 9.53 Å². The molecule has 1 unspecified atom stereocenters. The van der Waals surface area contributed by atoms with E-state index in [1.54, 1.807) is 6.08 Å². The van der Waals surface area contributed by atoms with E-state index < -0.39 is 0 Å². The van der Waals surface area contributed by atoms with E-state index in [-0.39, 0.29) is 5.97 Å². The number of rotatable bonds is 4. The van der Waals surface area contributed by atoms with Crippen LogP contribution in [0.4, 0.5) is 0 Å². The highest BCUT2D eigenvalue weighted by molar-refractivity contribution is 5.81. The average molecular weight is 238 g/mol. The topological polar surface area (TPSA) is 32.8 Å². The Morgan fingerprint density at radius 3 is 3.12 bits per heavy atom. The van der Waals surface area contributed by atoms with Crippen molar-refractivity contribution in [3.8, 4) is 0 Å². The van der Waals surface area contributed by atoms with E-state index in [1.165, 1.54) is 25.9 Å². The average Bonchev–Trinajstić information content (AvgIpc) is 2.76. The van der Waals surface area contributed by atoms with Gasteiger partial charge in [0.25, 0.3) is 0 Å². The summed E-state index contributed by atoms with van der Waals surface area (Å²) in [4.78, 5) is 16.1. The lowest BCUT2D eigenvalue weighted by molar-refractivity contribution is -0.137. The number of piperazine rings is 1. The van der Waals surface area contributed by atoms with Crippen molar-refractivity contribution >= 4 is 5.97 Å². The van der Waals surface area contributed by atoms with Gasteiger partial charge in [0.1, 0.15) is 0 Å². The Bertz CT molecular complexity index is 291. The van der Waals surface area contributed by atoms with Crippen molar-refractivity contribution in [3.05, 3.63) is 12.2 Å². The molecule has 96 valence electrons. The molecule has 2 aliphatic rings. The van der Waals surface area contributed by atoms with Gasteiger partial charge in [-0.1, -0.05) is 6.08 Å². The molecule has 0 radical (unpaired) electrons. The van der Waals surface area contributed by atoms with Crippen LogP contribution in [0.15, 0.2) is 12.2 Å². The fourth-order valence-corrected chi connectivity index (χ4v) is 2.71. The van der Waals surface area contributed by atoms with Gasteiger partial charge in [-0.15, -0.1) is 0 Å². The summed E-state index contributed by atoms with van der Waals surface area (Å²) in [7, 11) is 0. The zero-order valence-electron chi connectivity index (χ0n) is 10.6. The number of carbonyl (C=O) groups excluding carboxylic acids is 1. The van der Waals surface area contributed by atoms with Gasteiger partial charge in [-0.3, -0.25) is 9.80 Å². The second-order valence-electron chi connectivity index (χ2n) is 4.75. The van der Waals surface area contributed by atoms with Crippen LogP contribution in [0.5, 0.6) is 0 Å². The smallest absolute Gasteiger partial charge is 0.330 e. The molecule has 0 spiro atoms. The van der Waals surface area contributed by atoms with Crippen molar-refractivity contribution in [3.63, 3.8) is 0 Å². The van der Waals surface area contributed by atoms with Gasteiger partial charge in [-0.2, -0.15) is 0 Å². The van der Waals surface area contributed by atoms with Crippen LogP contribution in [0.1, 0.15) is 19.8 Å². The second kappa shape index (κ2) is 6.17. The molecule has 0 aromatic carbocycles. The lowest BCUT2D eigenvalue weighted by atomic mass is 10.1. The minimum absolute atomic E-state index is 0.230. The van der Waals surface area contributed by atoms with Gasteiger partial charge in [-0.05, 0) is 26.3 Å². The van der Waals surface area contributed by atoms with Crippen LogP contribution in [0.3, 0.4) is 0 Å². The first-order chi connectivity index (χ1) is 8.29. The molecule has 2 aliphatic heterocycles. The number of fused-ring (bicyclic) bond motifs is 1. The summed E-state index contributed by atoms with van der Waals surface area (Å²) in [5.74, 6) is -0.230. The fourth-order valence-electron chi connectivity index (χ4n) is 2.71. The van der Waals surface area contributed by atoms with E-state index in [0.717, 1.165) is 25.7 Å². The highest BCUT2D eigenvalue weighted by Crippen LogP contribution is 2.21. The third-order valence-electron chi connectivity index (χ3n) is 3.58. The summed E-state index contributed by atoms with van der Waals surface area (Å²) in [6.45, 7) is 7.85. The first-order valence-electron chi connectivity index (χ1n) is 6.59. The van der Waals surface area contributed by atoms with Gasteiger partial charge in [0, 0.05) is 38.3 Å². The van der Waals surface area contributed by atoms with Crippen molar-refractivity contribution in [1.29, 1.82) is 0 Å². The second-order valence-corrected chi connectivity index (χ2v) is 4.75. The van der Waals surface area contributed by atoms with E-state index in [0.29, 0.717) is 6.61 Å². The SMILES string of the molecule is CCOC(=O)/C=C/CN1CCN2CCCC2C1. The molecule has 4 nitrogen and oxygen atoms in total. The summed E-state index contributed by atoms with van der Waals surface area (Å²) < 4.78 is 4.85. The van der Waals surface area contributed by atoms with Crippen LogP contribution in [0.25, 0.3) is 0 Å². The third-order valence-corrected chi connectivity index (χ3v) is 3.58. The number of nitrogens with zero attached hydrogens (tertiary/aromatic N) is 2. The van der Waals surface area contributed by atoms with Crippen LogP contribution >= 0.6 is 0 Å². The highest BCUT2D eigenvalue weighted by Gasteiger charge is 2.29. The van der Waals surface area contributed by atoms with Crippen LogP contribution in [-0.4, -0.2) is 61.1 Å². The Hall–Kier alpha value is -0.870. The molecular formula is C13H22N2O2. The maximum atomic E-state index is 11.1. The molecule has 0 aromatic heterocycles. The molecule has 2 rings (SSSR count). The van der Waals surface area contributed by atoms with Gasteiger partial charge < -0.3 is 4.74 Å². The van der Waals surface area contributed by atoms with E-state index in [1.807, 2.05) is 13.0 Å². The first kappa shape index (κ1) is 12.6. The predicted molar refractivity (Wildman–Crippen MR) is 66.8 cm³/mol. The van der Waals surface area contributed by atoms with Gasteiger partial charge in [0.05, 0.1) is 6.61 Å². The highest BCUT2D eigenvalue weighted by atomic mass is 16.5. The maximum Gasteiger partial charge on any atom is 0.330 e. The summed E-state index contributed by atoms with van der Waals surface area (Å²) in [6, 6.07) is 0.750. The van der Waals surface area contributed by atoms with Crippen molar-refractivity contribution in [2.75, 3.05) is 39.3 Å². The number of carbonyl (C=O) groups is 1.